The second-order valence-corrected chi connectivity index (χ2v) is 5.24. The van der Waals surface area contributed by atoms with Crippen LogP contribution in [0, 0.1) is 3.57 Å². The van der Waals surface area contributed by atoms with E-state index in [2.05, 4.69) is 29.5 Å². The maximum Gasteiger partial charge on any atom is 0.254 e. The largest absolute Gasteiger partial charge is 0.336 e. The number of nitrogens with zero attached hydrogens (tertiary/aromatic N) is 1. The van der Waals surface area contributed by atoms with Crippen molar-refractivity contribution in [2.75, 3.05) is 6.54 Å². The molecule has 2 rings (SSSR count). The van der Waals surface area contributed by atoms with Gasteiger partial charge in [0.2, 0.25) is 0 Å². The molecule has 0 aliphatic carbocycles. The summed E-state index contributed by atoms with van der Waals surface area (Å²) in [5, 5.41) is 0. The molecule has 0 spiro atoms. The Bertz CT molecular complexity index is 360. The van der Waals surface area contributed by atoms with Crippen LogP contribution in [0.4, 0.5) is 0 Å². The van der Waals surface area contributed by atoms with Gasteiger partial charge in [-0.3, -0.25) is 4.79 Å². The van der Waals surface area contributed by atoms with Crippen LogP contribution in [0.25, 0.3) is 0 Å². The van der Waals surface area contributed by atoms with Gasteiger partial charge in [-0.1, -0.05) is 0 Å². The maximum atomic E-state index is 12.1. The van der Waals surface area contributed by atoms with Crippen LogP contribution in [-0.2, 0) is 0 Å². The van der Waals surface area contributed by atoms with E-state index < -0.39 is 0 Å². The molecule has 2 nitrogen and oxygen atoms in total. The summed E-state index contributed by atoms with van der Waals surface area (Å²) in [4.78, 5) is 14.1. The summed E-state index contributed by atoms with van der Waals surface area (Å²) < 4.78 is 1.17. The predicted octanol–water partition coefficient (Wildman–Crippen LogP) is 2.92. The van der Waals surface area contributed by atoms with Crippen LogP contribution in [-0.4, -0.2) is 23.4 Å². The van der Waals surface area contributed by atoms with Crippen LogP contribution in [0.15, 0.2) is 24.3 Å². The average Bonchev–Trinajstić information content (AvgIpc) is 2.65. The van der Waals surface area contributed by atoms with Crippen molar-refractivity contribution in [1.29, 1.82) is 0 Å². The molecule has 0 radical (unpaired) electrons. The number of carbonyl (C=O) groups excluding carboxylic acids is 1. The lowest BCUT2D eigenvalue weighted by Gasteiger charge is -2.21. The highest BCUT2D eigenvalue weighted by Gasteiger charge is 2.25. The van der Waals surface area contributed by atoms with Crippen LogP contribution < -0.4 is 0 Å². The highest BCUT2D eigenvalue weighted by Crippen LogP contribution is 2.19. The van der Waals surface area contributed by atoms with E-state index in [0.29, 0.717) is 6.04 Å². The summed E-state index contributed by atoms with van der Waals surface area (Å²) in [6.45, 7) is 3.03. The molecule has 1 atom stereocenters. The molecule has 0 bridgehead atoms. The molecule has 1 aliphatic rings. The predicted molar refractivity (Wildman–Crippen MR) is 68.9 cm³/mol. The van der Waals surface area contributed by atoms with E-state index in [9.17, 15) is 4.79 Å². The minimum atomic E-state index is 0.177. The molecule has 1 aromatic rings. The fraction of sp³-hybridized carbons (Fsp3) is 0.417. The third-order valence-electron chi connectivity index (χ3n) is 2.91. The highest BCUT2D eigenvalue weighted by atomic mass is 127. The molecule has 1 heterocycles. The zero-order valence-corrected chi connectivity index (χ0v) is 10.9. The van der Waals surface area contributed by atoms with Gasteiger partial charge in [0, 0.05) is 21.7 Å². The molecule has 0 aromatic heterocycles. The van der Waals surface area contributed by atoms with Crippen LogP contribution >= 0.6 is 22.6 Å². The first-order valence-corrected chi connectivity index (χ1v) is 6.33. The zero-order valence-electron chi connectivity index (χ0n) is 8.74. The van der Waals surface area contributed by atoms with Crippen molar-refractivity contribution in [2.45, 2.75) is 25.8 Å². The number of amides is 1. The van der Waals surface area contributed by atoms with Gasteiger partial charge >= 0.3 is 0 Å². The third kappa shape index (κ3) is 2.33. The zero-order chi connectivity index (χ0) is 10.8. The van der Waals surface area contributed by atoms with Gasteiger partial charge in [-0.05, 0) is 66.6 Å². The van der Waals surface area contributed by atoms with Crippen molar-refractivity contribution in [3.05, 3.63) is 33.4 Å². The van der Waals surface area contributed by atoms with E-state index in [4.69, 9.17) is 0 Å². The Labute approximate surface area is 104 Å². The normalized spacial score (nSPS) is 20.7. The summed E-state index contributed by atoms with van der Waals surface area (Å²) in [5.41, 5.74) is 0.809. The molecule has 1 saturated heterocycles. The molecule has 0 N–H and O–H groups in total. The van der Waals surface area contributed by atoms with Gasteiger partial charge in [0.1, 0.15) is 0 Å². The smallest absolute Gasteiger partial charge is 0.254 e. The molecule has 1 fully saturated rings. The van der Waals surface area contributed by atoms with Crippen LogP contribution in [0.5, 0.6) is 0 Å². The molecule has 15 heavy (non-hydrogen) atoms. The van der Waals surface area contributed by atoms with Crippen molar-refractivity contribution in [3.63, 3.8) is 0 Å². The Morgan fingerprint density at radius 2 is 2.07 bits per heavy atom. The second-order valence-electron chi connectivity index (χ2n) is 4.00. The molecule has 1 aromatic carbocycles. The first-order valence-electron chi connectivity index (χ1n) is 5.25. The lowest BCUT2D eigenvalue weighted by molar-refractivity contribution is 0.0747. The van der Waals surface area contributed by atoms with E-state index in [1.807, 2.05) is 29.2 Å². The molecule has 80 valence electrons. The Morgan fingerprint density at radius 3 is 2.60 bits per heavy atom. The SMILES string of the molecule is C[C@H]1CCCN1C(=O)c1ccc(I)cc1. The standard InChI is InChI=1S/C12H14INO/c1-9-3-2-8-14(9)12(15)10-4-6-11(13)7-5-10/h4-7,9H,2-3,8H2,1H3/t9-/m0/s1. The Kier molecular flexibility index (Phi) is 3.29. The van der Waals surface area contributed by atoms with Gasteiger partial charge in [0.15, 0.2) is 0 Å². The average molecular weight is 315 g/mol. The van der Waals surface area contributed by atoms with Crippen molar-refractivity contribution >= 4 is 28.5 Å². The monoisotopic (exact) mass is 315 g/mol. The van der Waals surface area contributed by atoms with Gasteiger partial charge in [-0.2, -0.15) is 0 Å². The van der Waals surface area contributed by atoms with Gasteiger partial charge in [0.05, 0.1) is 0 Å². The van der Waals surface area contributed by atoms with Gasteiger partial charge in [-0.25, -0.2) is 0 Å². The number of hydrogen-bond donors (Lipinski definition) is 0. The maximum absolute atomic E-state index is 12.1. The Morgan fingerprint density at radius 1 is 1.40 bits per heavy atom. The molecular weight excluding hydrogens is 301 g/mol. The molecule has 3 heteroatoms. The van der Waals surface area contributed by atoms with Crippen LogP contribution in [0.1, 0.15) is 30.1 Å². The molecular formula is C12H14INO. The highest BCUT2D eigenvalue weighted by molar-refractivity contribution is 14.1. The summed E-state index contributed by atoms with van der Waals surface area (Å²) in [6.07, 6.45) is 2.27. The van der Waals surface area contributed by atoms with Crippen LogP contribution in [0.2, 0.25) is 0 Å². The summed E-state index contributed by atoms with van der Waals surface area (Å²) in [7, 11) is 0. The first-order chi connectivity index (χ1) is 7.18. The summed E-state index contributed by atoms with van der Waals surface area (Å²) in [5.74, 6) is 0.177. The van der Waals surface area contributed by atoms with E-state index in [1.165, 1.54) is 3.57 Å². The minimum absolute atomic E-state index is 0.177. The van der Waals surface area contributed by atoms with E-state index >= 15 is 0 Å². The number of benzene rings is 1. The fourth-order valence-corrected chi connectivity index (χ4v) is 2.35. The van der Waals surface area contributed by atoms with Crippen molar-refractivity contribution in [2.24, 2.45) is 0 Å². The fourth-order valence-electron chi connectivity index (χ4n) is 1.99. The van der Waals surface area contributed by atoms with Gasteiger partial charge < -0.3 is 4.90 Å². The van der Waals surface area contributed by atoms with Gasteiger partial charge in [-0.15, -0.1) is 0 Å². The van der Waals surface area contributed by atoms with Crippen LogP contribution in [0.3, 0.4) is 0 Å². The number of hydrogen-bond acceptors (Lipinski definition) is 1. The number of carbonyl (C=O) groups is 1. The number of likely N-dealkylation sites (tertiary alicyclic amines) is 1. The Balaban J connectivity index is 2.17. The van der Waals surface area contributed by atoms with E-state index in [0.717, 1.165) is 24.9 Å². The summed E-state index contributed by atoms with van der Waals surface area (Å²) in [6, 6.07) is 8.18. The van der Waals surface area contributed by atoms with E-state index in [-0.39, 0.29) is 5.91 Å². The lowest BCUT2D eigenvalue weighted by atomic mass is 10.2. The molecule has 0 saturated carbocycles. The quantitative estimate of drug-likeness (QED) is 0.730. The Hall–Kier alpha value is -0.580. The van der Waals surface area contributed by atoms with Crippen molar-refractivity contribution in [1.82, 2.24) is 4.90 Å². The second kappa shape index (κ2) is 4.51. The lowest BCUT2D eigenvalue weighted by Crippen LogP contribution is -2.33. The topological polar surface area (TPSA) is 20.3 Å². The van der Waals surface area contributed by atoms with Gasteiger partial charge in [0.25, 0.3) is 5.91 Å². The minimum Gasteiger partial charge on any atom is -0.336 e. The van der Waals surface area contributed by atoms with Crippen molar-refractivity contribution in [3.8, 4) is 0 Å². The third-order valence-corrected chi connectivity index (χ3v) is 3.62. The molecule has 1 aliphatic heterocycles. The first kappa shape index (κ1) is 10.9. The van der Waals surface area contributed by atoms with E-state index in [1.54, 1.807) is 0 Å². The van der Waals surface area contributed by atoms with Crippen molar-refractivity contribution < 1.29 is 4.79 Å². The molecule has 0 unspecified atom stereocenters. The number of halogens is 1. The summed E-state index contributed by atoms with van der Waals surface area (Å²) >= 11 is 2.25. The molecule has 1 amide bonds. The number of rotatable bonds is 1.